The van der Waals surface area contributed by atoms with Gasteiger partial charge in [0.05, 0.1) is 6.04 Å². The molecule has 1 aromatic carbocycles. The van der Waals surface area contributed by atoms with Crippen LogP contribution in [0.15, 0.2) is 30.5 Å². The Morgan fingerprint density at radius 2 is 1.87 bits per heavy atom. The minimum atomic E-state index is -0.192. The molecule has 3 rings (SSSR count). The molecule has 1 aromatic heterocycles. The molecule has 4 nitrogen and oxygen atoms in total. The lowest BCUT2D eigenvalue weighted by Crippen LogP contribution is -2.27. The Morgan fingerprint density at radius 3 is 2.57 bits per heavy atom. The molecule has 2 aromatic rings. The first-order chi connectivity index (χ1) is 11.0. The second kappa shape index (κ2) is 6.41. The fourth-order valence-electron chi connectivity index (χ4n) is 3.11. The van der Waals surface area contributed by atoms with Crippen LogP contribution in [0.5, 0.6) is 0 Å². The number of hydrogen-bond donors (Lipinski definition) is 2. The summed E-state index contributed by atoms with van der Waals surface area (Å²) in [5, 5.41) is 2.99. The van der Waals surface area contributed by atoms with Gasteiger partial charge < -0.3 is 10.3 Å². The highest BCUT2D eigenvalue weighted by molar-refractivity contribution is 5.99. The number of aryl methyl sites for hydroxylation is 2. The van der Waals surface area contributed by atoms with Crippen LogP contribution in [-0.2, 0) is 12.8 Å². The lowest BCUT2D eigenvalue weighted by Gasteiger charge is -2.20. The van der Waals surface area contributed by atoms with Gasteiger partial charge in [-0.3, -0.25) is 9.59 Å². The van der Waals surface area contributed by atoms with Crippen molar-refractivity contribution in [3.05, 3.63) is 58.4 Å². The van der Waals surface area contributed by atoms with Gasteiger partial charge in [0.25, 0.3) is 5.91 Å². The molecule has 0 spiro atoms. The van der Waals surface area contributed by atoms with Crippen molar-refractivity contribution < 1.29 is 9.59 Å². The zero-order valence-corrected chi connectivity index (χ0v) is 13.6. The van der Waals surface area contributed by atoms with E-state index in [9.17, 15) is 9.59 Å². The zero-order chi connectivity index (χ0) is 16.4. The van der Waals surface area contributed by atoms with Crippen LogP contribution >= 0.6 is 0 Å². The summed E-state index contributed by atoms with van der Waals surface area (Å²) < 4.78 is 0. The highest BCUT2D eigenvalue weighted by Gasteiger charge is 2.16. The number of aromatic nitrogens is 1. The minimum Gasteiger partial charge on any atom is -0.356 e. The minimum absolute atomic E-state index is 0.0527. The number of Topliss-reactive ketones (excluding diaryl/α,β-unsaturated/α-hetero) is 1. The molecule has 0 bridgehead atoms. The summed E-state index contributed by atoms with van der Waals surface area (Å²) in [4.78, 5) is 26.5. The summed E-state index contributed by atoms with van der Waals surface area (Å²) in [5.74, 6) is -0.245. The number of hydrogen-bond acceptors (Lipinski definition) is 2. The highest BCUT2D eigenvalue weighted by atomic mass is 16.2. The molecule has 0 aliphatic heterocycles. The van der Waals surface area contributed by atoms with Gasteiger partial charge in [0.2, 0.25) is 0 Å². The van der Waals surface area contributed by atoms with Crippen LogP contribution in [0.1, 0.15) is 70.3 Å². The molecule has 0 radical (unpaired) electrons. The summed E-state index contributed by atoms with van der Waals surface area (Å²) in [6, 6.07) is 8.03. The third-order valence-electron chi connectivity index (χ3n) is 4.55. The number of ketones is 1. The van der Waals surface area contributed by atoms with Crippen molar-refractivity contribution in [2.24, 2.45) is 0 Å². The molecule has 0 fully saturated rings. The predicted molar refractivity (Wildman–Crippen MR) is 89.8 cm³/mol. The molecule has 0 saturated heterocycles. The summed E-state index contributed by atoms with van der Waals surface area (Å²) in [7, 11) is 0. The van der Waals surface area contributed by atoms with Crippen molar-refractivity contribution in [3.63, 3.8) is 0 Å². The van der Waals surface area contributed by atoms with Gasteiger partial charge in [-0.1, -0.05) is 18.2 Å². The van der Waals surface area contributed by atoms with Gasteiger partial charge in [-0.25, -0.2) is 0 Å². The fraction of sp³-hybridized carbons (Fsp3) is 0.368. The lowest BCUT2D eigenvalue weighted by molar-refractivity contribution is 0.0935. The first-order valence-corrected chi connectivity index (χ1v) is 8.16. The highest BCUT2D eigenvalue weighted by Crippen LogP contribution is 2.24. The van der Waals surface area contributed by atoms with E-state index in [0.29, 0.717) is 11.3 Å². The van der Waals surface area contributed by atoms with E-state index in [4.69, 9.17) is 0 Å². The normalized spacial score (nSPS) is 14.9. The topological polar surface area (TPSA) is 62.0 Å². The van der Waals surface area contributed by atoms with Crippen LogP contribution in [0.2, 0.25) is 0 Å². The quantitative estimate of drug-likeness (QED) is 0.848. The number of H-pyrrole nitrogens is 1. The SMILES string of the molecule is CC(=O)c1c[nH]c(C(=O)NC(C)c2ccc3c(c2)CCCC3)c1. The average Bonchev–Trinajstić information content (AvgIpc) is 3.04. The number of amides is 1. The van der Waals surface area contributed by atoms with E-state index in [0.717, 1.165) is 18.4 Å². The molecule has 1 aliphatic rings. The molecule has 120 valence electrons. The van der Waals surface area contributed by atoms with Crippen molar-refractivity contribution in [2.75, 3.05) is 0 Å². The van der Waals surface area contributed by atoms with E-state index >= 15 is 0 Å². The first-order valence-electron chi connectivity index (χ1n) is 8.16. The summed E-state index contributed by atoms with van der Waals surface area (Å²) in [5.41, 5.74) is 4.91. The largest absolute Gasteiger partial charge is 0.356 e. The van der Waals surface area contributed by atoms with E-state index in [2.05, 4.69) is 28.5 Å². The van der Waals surface area contributed by atoms with Crippen LogP contribution in [0.3, 0.4) is 0 Å². The summed E-state index contributed by atoms with van der Waals surface area (Å²) in [6.07, 6.45) is 6.37. The number of benzene rings is 1. The Balaban J connectivity index is 1.71. The number of carbonyl (C=O) groups excluding carboxylic acids is 2. The Bertz CT molecular complexity index is 746. The van der Waals surface area contributed by atoms with Crippen molar-refractivity contribution in [2.45, 2.75) is 45.6 Å². The van der Waals surface area contributed by atoms with Gasteiger partial charge in [-0.2, -0.15) is 0 Å². The molecule has 0 saturated carbocycles. The maximum absolute atomic E-state index is 12.3. The van der Waals surface area contributed by atoms with Crippen molar-refractivity contribution >= 4 is 11.7 Å². The molecule has 1 unspecified atom stereocenters. The maximum Gasteiger partial charge on any atom is 0.268 e. The molecular weight excluding hydrogens is 288 g/mol. The van der Waals surface area contributed by atoms with Crippen LogP contribution in [0, 0.1) is 0 Å². The van der Waals surface area contributed by atoms with Crippen LogP contribution < -0.4 is 5.32 Å². The molecule has 23 heavy (non-hydrogen) atoms. The maximum atomic E-state index is 12.3. The second-order valence-electron chi connectivity index (χ2n) is 6.29. The van der Waals surface area contributed by atoms with Crippen LogP contribution in [-0.4, -0.2) is 16.7 Å². The van der Waals surface area contributed by atoms with Gasteiger partial charge in [-0.05, 0) is 62.3 Å². The van der Waals surface area contributed by atoms with Crippen LogP contribution in [0.4, 0.5) is 0 Å². The van der Waals surface area contributed by atoms with Crippen molar-refractivity contribution in [1.82, 2.24) is 10.3 Å². The predicted octanol–water partition coefficient (Wildman–Crippen LogP) is 3.59. The molecule has 1 aliphatic carbocycles. The van der Waals surface area contributed by atoms with E-state index in [-0.39, 0.29) is 17.7 Å². The first kappa shape index (κ1) is 15.5. The number of rotatable bonds is 4. The third kappa shape index (κ3) is 3.36. The zero-order valence-electron chi connectivity index (χ0n) is 13.6. The molecule has 2 N–H and O–H groups in total. The molecular formula is C19H22N2O2. The number of fused-ring (bicyclic) bond motifs is 1. The van der Waals surface area contributed by atoms with Gasteiger partial charge in [-0.15, -0.1) is 0 Å². The Kier molecular flexibility index (Phi) is 4.33. The summed E-state index contributed by atoms with van der Waals surface area (Å²) >= 11 is 0. The van der Waals surface area contributed by atoms with Gasteiger partial charge in [0.1, 0.15) is 5.69 Å². The van der Waals surface area contributed by atoms with Crippen molar-refractivity contribution in [3.8, 4) is 0 Å². The van der Waals surface area contributed by atoms with E-state index < -0.39 is 0 Å². The number of carbonyl (C=O) groups is 2. The molecule has 1 amide bonds. The Hall–Kier alpha value is -2.36. The van der Waals surface area contributed by atoms with Crippen LogP contribution in [0.25, 0.3) is 0 Å². The number of aromatic amines is 1. The number of nitrogens with one attached hydrogen (secondary N) is 2. The average molecular weight is 310 g/mol. The fourth-order valence-corrected chi connectivity index (χ4v) is 3.11. The van der Waals surface area contributed by atoms with Crippen molar-refractivity contribution in [1.29, 1.82) is 0 Å². The summed E-state index contributed by atoms with van der Waals surface area (Å²) in [6.45, 7) is 3.47. The van der Waals surface area contributed by atoms with E-state index in [1.807, 2.05) is 6.92 Å². The van der Waals surface area contributed by atoms with Gasteiger partial charge in [0.15, 0.2) is 5.78 Å². The molecule has 1 atom stereocenters. The lowest BCUT2D eigenvalue weighted by atomic mass is 9.89. The third-order valence-corrected chi connectivity index (χ3v) is 4.55. The van der Waals surface area contributed by atoms with Gasteiger partial charge in [0, 0.05) is 11.8 Å². The van der Waals surface area contributed by atoms with Gasteiger partial charge >= 0.3 is 0 Å². The van der Waals surface area contributed by atoms with E-state index in [1.165, 1.54) is 30.9 Å². The van der Waals surface area contributed by atoms with E-state index in [1.54, 1.807) is 12.3 Å². The molecule has 4 heteroatoms. The monoisotopic (exact) mass is 310 g/mol. The smallest absolute Gasteiger partial charge is 0.268 e. The molecule has 1 heterocycles. The Labute approximate surface area is 136 Å². The second-order valence-corrected chi connectivity index (χ2v) is 6.29. The standard InChI is InChI=1S/C19H22N2O2/c1-12(15-8-7-14-5-3-4-6-16(14)9-15)21-19(23)18-10-17(11-20-18)13(2)22/h7-12,20H,3-6H2,1-2H3,(H,21,23). The Morgan fingerprint density at radius 1 is 1.13 bits per heavy atom.